The molecule has 1 N–H and O–H groups in total. The molecular weight excluding hydrogens is 240 g/mol. The highest BCUT2D eigenvalue weighted by atomic mass is 16.5. The number of nitrogens with zero attached hydrogens (tertiary/aromatic N) is 2. The zero-order valence-electron chi connectivity index (χ0n) is 12.5. The van der Waals surface area contributed by atoms with Gasteiger partial charge in [-0.1, -0.05) is 19.8 Å². The maximum absolute atomic E-state index is 10.8. The standard InChI is InChI=1S/C15H26N2O2/c1-10(2)17-14(13(19-4)9-16-17)15(18)12-7-5-6-11(3)8-12/h9-12,15,18H,5-8H2,1-4H3. The maximum Gasteiger partial charge on any atom is 0.162 e. The predicted octanol–water partition coefficient (Wildman–Crippen LogP) is 3.33. The van der Waals surface area contributed by atoms with Crippen LogP contribution < -0.4 is 4.74 Å². The summed E-state index contributed by atoms with van der Waals surface area (Å²) in [5.41, 5.74) is 0.844. The molecule has 4 nitrogen and oxygen atoms in total. The van der Waals surface area contributed by atoms with E-state index in [0.29, 0.717) is 17.6 Å². The summed E-state index contributed by atoms with van der Waals surface area (Å²) in [6, 6.07) is 0.231. The first-order valence-electron chi connectivity index (χ1n) is 7.34. The van der Waals surface area contributed by atoms with E-state index in [9.17, 15) is 5.11 Å². The third-order valence-corrected chi connectivity index (χ3v) is 4.21. The number of aromatic nitrogens is 2. The molecule has 2 rings (SSSR count). The Morgan fingerprint density at radius 2 is 2.16 bits per heavy atom. The molecule has 0 bridgehead atoms. The lowest BCUT2D eigenvalue weighted by Crippen LogP contribution is -2.23. The number of hydrogen-bond donors (Lipinski definition) is 1. The summed E-state index contributed by atoms with van der Waals surface area (Å²) in [5, 5.41) is 15.1. The SMILES string of the molecule is COc1cnn(C(C)C)c1C(O)C1CCCC(C)C1. The van der Waals surface area contributed by atoms with Crippen molar-refractivity contribution in [1.82, 2.24) is 9.78 Å². The number of aliphatic hydroxyl groups is 1. The van der Waals surface area contributed by atoms with Gasteiger partial charge >= 0.3 is 0 Å². The first-order valence-corrected chi connectivity index (χ1v) is 7.34. The zero-order valence-corrected chi connectivity index (χ0v) is 12.5. The lowest BCUT2D eigenvalue weighted by molar-refractivity contribution is 0.0610. The van der Waals surface area contributed by atoms with Gasteiger partial charge in [0.05, 0.1) is 13.3 Å². The molecule has 1 aliphatic carbocycles. The van der Waals surface area contributed by atoms with Crippen molar-refractivity contribution in [3.05, 3.63) is 11.9 Å². The van der Waals surface area contributed by atoms with Crippen molar-refractivity contribution in [2.24, 2.45) is 11.8 Å². The van der Waals surface area contributed by atoms with Crippen molar-refractivity contribution in [3.8, 4) is 5.75 Å². The average molecular weight is 266 g/mol. The predicted molar refractivity (Wildman–Crippen MR) is 75.2 cm³/mol. The fourth-order valence-corrected chi connectivity index (χ4v) is 3.20. The van der Waals surface area contributed by atoms with Gasteiger partial charge in [-0.15, -0.1) is 0 Å². The van der Waals surface area contributed by atoms with Crippen LogP contribution in [0.15, 0.2) is 6.20 Å². The summed E-state index contributed by atoms with van der Waals surface area (Å²) in [5.74, 6) is 1.74. The largest absolute Gasteiger partial charge is 0.493 e. The highest BCUT2D eigenvalue weighted by Gasteiger charge is 2.31. The van der Waals surface area contributed by atoms with Gasteiger partial charge in [0.25, 0.3) is 0 Å². The second kappa shape index (κ2) is 5.95. The van der Waals surface area contributed by atoms with Crippen LogP contribution in [0, 0.1) is 11.8 Å². The second-order valence-electron chi connectivity index (χ2n) is 6.11. The van der Waals surface area contributed by atoms with Gasteiger partial charge in [-0.05, 0) is 38.5 Å². The van der Waals surface area contributed by atoms with Gasteiger partial charge in [0, 0.05) is 6.04 Å². The van der Waals surface area contributed by atoms with Gasteiger partial charge < -0.3 is 9.84 Å². The van der Waals surface area contributed by atoms with Crippen molar-refractivity contribution in [2.75, 3.05) is 7.11 Å². The van der Waals surface area contributed by atoms with E-state index in [1.807, 2.05) is 4.68 Å². The number of aliphatic hydroxyl groups excluding tert-OH is 1. The van der Waals surface area contributed by atoms with Crippen molar-refractivity contribution in [3.63, 3.8) is 0 Å². The van der Waals surface area contributed by atoms with Crippen LogP contribution in [-0.2, 0) is 0 Å². The maximum atomic E-state index is 10.8. The molecule has 4 heteroatoms. The van der Waals surface area contributed by atoms with Gasteiger partial charge in [0.1, 0.15) is 11.8 Å². The van der Waals surface area contributed by atoms with E-state index in [1.165, 1.54) is 12.8 Å². The van der Waals surface area contributed by atoms with Crippen LogP contribution in [0.25, 0.3) is 0 Å². The van der Waals surface area contributed by atoms with E-state index < -0.39 is 6.10 Å². The smallest absolute Gasteiger partial charge is 0.162 e. The Morgan fingerprint density at radius 1 is 1.42 bits per heavy atom. The fraction of sp³-hybridized carbons (Fsp3) is 0.800. The van der Waals surface area contributed by atoms with Crippen LogP contribution >= 0.6 is 0 Å². The fourth-order valence-electron chi connectivity index (χ4n) is 3.20. The minimum Gasteiger partial charge on any atom is -0.493 e. The van der Waals surface area contributed by atoms with E-state index in [-0.39, 0.29) is 6.04 Å². The topological polar surface area (TPSA) is 47.3 Å². The van der Waals surface area contributed by atoms with Crippen LogP contribution in [-0.4, -0.2) is 22.0 Å². The van der Waals surface area contributed by atoms with Crippen molar-refractivity contribution < 1.29 is 9.84 Å². The summed E-state index contributed by atoms with van der Waals surface area (Å²) in [4.78, 5) is 0. The molecule has 0 radical (unpaired) electrons. The molecule has 1 saturated carbocycles. The van der Waals surface area contributed by atoms with Crippen molar-refractivity contribution in [2.45, 2.75) is 58.6 Å². The summed E-state index contributed by atoms with van der Waals surface area (Å²) >= 11 is 0. The molecule has 1 heterocycles. The quantitative estimate of drug-likeness (QED) is 0.909. The third kappa shape index (κ3) is 2.94. The number of rotatable bonds is 4. The van der Waals surface area contributed by atoms with Crippen LogP contribution in [0.5, 0.6) is 5.75 Å². The molecule has 1 aromatic rings. The Hall–Kier alpha value is -1.03. The number of ether oxygens (including phenoxy) is 1. The first-order chi connectivity index (χ1) is 9.04. The van der Waals surface area contributed by atoms with Gasteiger partial charge in [-0.25, -0.2) is 0 Å². The molecule has 108 valence electrons. The normalized spacial score (nSPS) is 25.6. The summed E-state index contributed by atoms with van der Waals surface area (Å²) in [7, 11) is 1.64. The monoisotopic (exact) mass is 266 g/mol. The van der Waals surface area contributed by atoms with E-state index in [1.54, 1.807) is 13.3 Å². The highest BCUT2D eigenvalue weighted by Crippen LogP contribution is 2.40. The lowest BCUT2D eigenvalue weighted by atomic mass is 9.78. The lowest BCUT2D eigenvalue weighted by Gasteiger charge is -2.31. The second-order valence-corrected chi connectivity index (χ2v) is 6.11. The zero-order chi connectivity index (χ0) is 14.0. The van der Waals surface area contributed by atoms with Crippen LogP contribution in [0.4, 0.5) is 0 Å². The van der Waals surface area contributed by atoms with E-state index in [2.05, 4.69) is 25.9 Å². The molecule has 1 aliphatic rings. The number of methoxy groups -OCH3 is 1. The summed E-state index contributed by atoms with van der Waals surface area (Å²) < 4.78 is 7.26. The molecule has 0 aliphatic heterocycles. The van der Waals surface area contributed by atoms with Gasteiger partial charge in [-0.3, -0.25) is 4.68 Å². The van der Waals surface area contributed by atoms with E-state index in [4.69, 9.17) is 4.74 Å². The van der Waals surface area contributed by atoms with Gasteiger partial charge in [0.2, 0.25) is 0 Å². The molecule has 0 amide bonds. The Morgan fingerprint density at radius 3 is 2.74 bits per heavy atom. The number of hydrogen-bond acceptors (Lipinski definition) is 3. The van der Waals surface area contributed by atoms with Crippen molar-refractivity contribution in [1.29, 1.82) is 0 Å². The van der Waals surface area contributed by atoms with E-state index >= 15 is 0 Å². The Kier molecular flexibility index (Phi) is 4.50. The van der Waals surface area contributed by atoms with Crippen LogP contribution in [0.3, 0.4) is 0 Å². The Labute approximate surface area is 115 Å². The summed E-state index contributed by atoms with van der Waals surface area (Å²) in [6.45, 7) is 6.42. The molecule has 0 saturated heterocycles. The highest BCUT2D eigenvalue weighted by molar-refractivity contribution is 5.28. The molecule has 3 atom stereocenters. The van der Waals surface area contributed by atoms with Crippen LogP contribution in [0.2, 0.25) is 0 Å². The molecule has 1 aromatic heterocycles. The summed E-state index contributed by atoms with van der Waals surface area (Å²) in [6.07, 6.45) is 5.92. The molecule has 1 fully saturated rings. The molecule has 0 spiro atoms. The minimum atomic E-state index is -0.470. The molecular formula is C15H26N2O2. The van der Waals surface area contributed by atoms with Gasteiger partial charge in [-0.2, -0.15) is 5.10 Å². The first kappa shape index (κ1) is 14.4. The average Bonchev–Trinajstić information content (AvgIpc) is 2.81. The van der Waals surface area contributed by atoms with Crippen LogP contribution in [0.1, 0.15) is 64.3 Å². The molecule has 3 unspecified atom stereocenters. The van der Waals surface area contributed by atoms with Gasteiger partial charge in [0.15, 0.2) is 5.75 Å². The molecule has 0 aromatic carbocycles. The Bertz CT molecular complexity index is 414. The minimum absolute atomic E-state index is 0.231. The van der Waals surface area contributed by atoms with Crippen molar-refractivity contribution >= 4 is 0 Å². The third-order valence-electron chi connectivity index (χ3n) is 4.21. The Balaban J connectivity index is 2.26. The molecule has 19 heavy (non-hydrogen) atoms. The van der Waals surface area contributed by atoms with E-state index in [0.717, 1.165) is 18.5 Å².